The normalized spacial score (nSPS) is 10.4. The summed E-state index contributed by atoms with van der Waals surface area (Å²) < 4.78 is 4.96. The number of esters is 1. The van der Waals surface area contributed by atoms with E-state index in [0.717, 1.165) is 11.3 Å². The van der Waals surface area contributed by atoms with Crippen LogP contribution >= 0.6 is 11.3 Å². The number of rotatable bonds is 2. The number of hydrogen-bond donors (Lipinski definition) is 1. The maximum atomic E-state index is 11.3. The van der Waals surface area contributed by atoms with E-state index in [2.05, 4.69) is 4.74 Å². The number of benzene rings is 1. The predicted octanol–water partition coefficient (Wildman–Crippen LogP) is 2.30. The number of nitrogens with zero attached hydrogens (tertiary/aromatic N) is 1. The van der Waals surface area contributed by atoms with Crippen LogP contribution in [-0.4, -0.2) is 23.1 Å². The van der Waals surface area contributed by atoms with E-state index in [0.29, 0.717) is 4.70 Å². The summed E-state index contributed by atoms with van der Waals surface area (Å²) in [5.41, 5.74) is -0.230. The van der Waals surface area contributed by atoms with Gasteiger partial charge in [-0.2, -0.15) is 0 Å². The molecule has 0 aliphatic rings. The Balaban J connectivity index is 2.79. The minimum Gasteiger partial charge on any atom is -0.505 e. The lowest BCUT2D eigenvalue weighted by Crippen LogP contribution is -1.97. The predicted molar refractivity (Wildman–Crippen MR) is 61.5 cm³/mol. The number of aromatic hydroxyl groups is 1. The van der Waals surface area contributed by atoms with Gasteiger partial charge in [0, 0.05) is 10.8 Å². The molecule has 0 radical (unpaired) electrons. The molecule has 1 aromatic carbocycles. The molecular weight excluding hydrogens is 246 g/mol. The lowest BCUT2D eigenvalue weighted by molar-refractivity contribution is -0.383. The van der Waals surface area contributed by atoms with Gasteiger partial charge in [-0.3, -0.25) is 10.1 Å². The summed E-state index contributed by atoms with van der Waals surface area (Å²) >= 11 is 0.959. The fraction of sp³-hybridized carbons (Fsp3) is 0.100. The number of non-ortho nitro benzene ring substituents is 1. The molecule has 0 aliphatic carbocycles. The van der Waals surface area contributed by atoms with Crippen LogP contribution in [0.5, 0.6) is 5.75 Å². The van der Waals surface area contributed by atoms with Gasteiger partial charge in [0.15, 0.2) is 10.6 Å². The van der Waals surface area contributed by atoms with Gasteiger partial charge in [0.05, 0.1) is 12.0 Å². The molecule has 2 aromatic rings. The molecule has 0 spiro atoms. The third-order valence-electron chi connectivity index (χ3n) is 2.24. The Labute approximate surface area is 99.2 Å². The first kappa shape index (κ1) is 11.3. The smallest absolute Gasteiger partial charge is 0.351 e. The van der Waals surface area contributed by atoms with E-state index in [1.807, 2.05) is 0 Å². The van der Waals surface area contributed by atoms with Gasteiger partial charge in [-0.05, 0) is 6.07 Å². The molecule has 2 rings (SSSR count). The number of fused-ring (bicyclic) bond motifs is 1. The molecule has 0 saturated heterocycles. The highest BCUT2D eigenvalue weighted by Crippen LogP contribution is 2.42. The lowest BCUT2D eigenvalue weighted by Gasteiger charge is -1.96. The van der Waals surface area contributed by atoms with Gasteiger partial charge in [-0.25, -0.2) is 4.79 Å². The summed E-state index contributed by atoms with van der Waals surface area (Å²) in [6.45, 7) is 0. The number of carbonyl (C=O) groups is 1. The molecule has 88 valence electrons. The first-order chi connectivity index (χ1) is 8.06. The molecule has 0 saturated carbocycles. The third kappa shape index (κ3) is 1.70. The Bertz CT molecular complexity index is 618. The standard InChI is InChI=1S/C10H7NO5S/c1-16-10(13)9-8(12)7-5(11(14)15)3-2-4-6(7)17-9/h2-4,12H,1H3. The van der Waals surface area contributed by atoms with Crippen molar-refractivity contribution in [1.29, 1.82) is 0 Å². The molecule has 0 aliphatic heterocycles. The number of methoxy groups -OCH3 is 1. The van der Waals surface area contributed by atoms with Gasteiger partial charge < -0.3 is 9.84 Å². The van der Waals surface area contributed by atoms with Crippen LogP contribution in [0.2, 0.25) is 0 Å². The Hall–Kier alpha value is -2.15. The van der Waals surface area contributed by atoms with Crippen molar-refractivity contribution in [3.8, 4) is 5.75 Å². The summed E-state index contributed by atoms with van der Waals surface area (Å²) in [7, 11) is 1.18. The summed E-state index contributed by atoms with van der Waals surface area (Å²) in [6, 6.07) is 4.37. The first-order valence-electron chi connectivity index (χ1n) is 4.53. The number of nitro benzene ring substituents is 1. The van der Waals surface area contributed by atoms with Gasteiger partial charge in [0.2, 0.25) is 0 Å². The van der Waals surface area contributed by atoms with Crippen LogP contribution in [0.3, 0.4) is 0 Å². The number of ether oxygens (including phenoxy) is 1. The van der Waals surface area contributed by atoms with Crippen molar-refractivity contribution in [1.82, 2.24) is 0 Å². The minimum atomic E-state index is -0.710. The monoisotopic (exact) mass is 253 g/mol. The van der Waals surface area contributed by atoms with Crippen molar-refractivity contribution >= 4 is 33.1 Å². The van der Waals surface area contributed by atoms with Crippen LogP contribution < -0.4 is 0 Å². The maximum absolute atomic E-state index is 11.3. The number of thiophene rings is 1. The first-order valence-corrected chi connectivity index (χ1v) is 5.35. The lowest BCUT2D eigenvalue weighted by atomic mass is 10.2. The topological polar surface area (TPSA) is 89.7 Å². The molecule has 1 N–H and O–H groups in total. The second kappa shape index (κ2) is 4.02. The van der Waals surface area contributed by atoms with E-state index >= 15 is 0 Å². The zero-order valence-electron chi connectivity index (χ0n) is 8.67. The Morgan fingerprint density at radius 1 is 1.53 bits per heavy atom. The fourth-order valence-electron chi connectivity index (χ4n) is 1.50. The summed E-state index contributed by atoms with van der Waals surface area (Å²) in [4.78, 5) is 21.5. The van der Waals surface area contributed by atoms with Crippen LogP contribution in [-0.2, 0) is 4.74 Å². The van der Waals surface area contributed by atoms with Crippen LogP contribution in [0.1, 0.15) is 9.67 Å². The van der Waals surface area contributed by atoms with Crippen LogP contribution in [0.25, 0.3) is 10.1 Å². The van der Waals surface area contributed by atoms with Gasteiger partial charge >= 0.3 is 5.97 Å². The second-order valence-electron chi connectivity index (χ2n) is 3.18. The van der Waals surface area contributed by atoms with Gasteiger partial charge in [0.25, 0.3) is 5.69 Å². The Kier molecular flexibility index (Phi) is 2.68. The molecule has 1 aromatic heterocycles. The highest BCUT2D eigenvalue weighted by molar-refractivity contribution is 7.21. The van der Waals surface area contributed by atoms with E-state index < -0.39 is 16.6 Å². The van der Waals surface area contributed by atoms with Gasteiger partial charge in [0.1, 0.15) is 5.39 Å². The highest BCUT2D eigenvalue weighted by Gasteiger charge is 2.24. The molecule has 0 bridgehead atoms. The molecule has 0 amide bonds. The van der Waals surface area contributed by atoms with Crippen molar-refractivity contribution in [3.05, 3.63) is 33.2 Å². The SMILES string of the molecule is COC(=O)c1sc2cccc([N+](=O)[O-])c2c1O. The van der Waals surface area contributed by atoms with Crippen molar-refractivity contribution in [2.24, 2.45) is 0 Å². The van der Waals surface area contributed by atoms with Crippen molar-refractivity contribution in [2.45, 2.75) is 0 Å². The third-order valence-corrected chi connectivity index (χ3v) is 3.36. The summed E-state index contributed by atoms with van der Waals surface area (Å²) in [5, 5.41) is 20.7. The quantitative estimate of drug-likeness (QED) is 0.504. The molecule has 7 heteroatoms. The molecular formula is C10H7NO5S. The van der Waals surface area contributed by atoms with Crippen molar-refractivity contribution in [3.63, 3.8) is 0 Å². The molecule has 0 fully saturated rings. The maximum Gasteiger partial charge on any atom is 0.351 e. The summed E-state index contributed by atoms with van der Waals surface area (Å²) in [5.74, 6) is -1.11. The summed E-state index contributed by atoms with van der Waals surface area (Å²) in [6.07, 6.45) is 0. The fourth-order valence-corrected chi connectivity index (χ4v) is 2.53. The zero-order chi connectivity index (χ0) is 12.6. The second-order valence-corrected chi connectivity index (χ2v) is 4.23. The highest BCUT2D eigenvalue weighted by atomic mass is 32.1. The average Bonchev–Trinajstić information content (AvgIpc) is 2.66. The molecule has 0 unspecified atom stereocenters. The molecule has 6 nitrogen and oxygen atoms in total. The largest absolute Gasteiger partial charge is 0.505 e. The van der Waals surface area contributed by atoms with E-state index in [-0.39, 0.29) is 16.0 Å². The molecule has 17 heavy (non-hydrogen) atoms. The minimum absolute atomic E-state index is 0.0307. The zero-order valence-corrected chi connectivity index (χ0v) is 9.48. The average molecular weight is 253 g/mol. The van der Waals surface area contributed by atoms with Crippen LogP contribution in [0.4, 0.5) is 5.69 Å². The Morgan fingerprint density at radius 2 is 2.24 bits per heavy atom. The van der Waals surface area contributed by atoms with E-state index in [9.17, 15) is 20.0 Å². The van der Waals surface area contributed by atoms with Crippen molar-refractivity contribution in [2.75, 3.05) is 7.11 Å². The number of carbonyl (C=O) groups excluding carboxylic acids is 1. The van der Waals surface area contributed by atoms with Gasteiger partial charge in [-0.1, -0.05) is 6.07 Å². The van der Waals surface area contributed by atoms with Crippen LogP contribution in [0, 0.1) is 10.1 Å². The molecule has 1 heterocycles. The van der Waals surface area contributed by atoms with Crippen LogP contribution in [0.15, 0.2) is 18.2 Å². The van der Waals surface area contributed by atoms with E-state index in [4.69, 9.17) is 0 Å². The van der Waals surface area contributed by atoms with E-state index in [1.165, 1.54) is 19.2 Å². The van der Waals surface area contributed by atoms with Gasteiger partial charge in [-0.15, -0.1) is 11.3 Å². The Morgan fingerprint density at radius 3 is 2.82 bits per heavy atom. The molecule has 0 atom stereocenters. The van der Waals surface area contributed by atoms with E-state index in [1.54, 1.807) is 6.07 Å². The van der Waals surface area contributed by atoms with Crippen molar-refractivity contribution < 1.29 is 19.6 Å². The number of nitro groups is 1. The number of hydrogen-bond acceptors (Lipinski definition) is 6.